The minimum Gasteiger partial charge on any atom is -0.309 e. The van der Waals surface area contributed by atoms with E-state index in [4.69, 9.17) is 0 Å². The van der Waals surface area contributed by atoms with Crippen molar-refractivity contribution in [1.82, 2.24) is 27.4 Å². The maximum Gasteiger partial charge on any atom is 0.172 e. The van der Waals surface area contributed by atoms with Crippen molar-refractivity contribution in [2.45, 2.75) is 0 Å². The van der Waals surface area contributed by atoms with Gasteiger partial charge in [0.2, 0.25) is 0 Å². The van der Waals surface area contributed by atoms with Crippen molar-refractivity contribution in [3.8, 4) is 67.5 Å². The van der Waals surface area contributed by atoms with E-state index in [0.29, 0.717) is 0 Å². The fourth-order valence-electron chi connectivity index (χ4n) is 23.3. The van der Waals surface area contributed by atoms with E-state index in [1.54, 1.807) is 0 Å². The second-order valence-electron chi connectivity index (χ2n) is 36.2. The first-order valence-electron chi connectivity index (χ1n) is 46.9. The van der Waals surface area contributed by atoms with Crippen LogP contribution in [0.25, 0.3) is 198 Å². The van der Waals surface area contributed by atoms with Crippen LogP contribution in [0.4, 0.5) is 0 Å². The number of nitrogens with zero attached hydrogens (tertiary/aromatic N) is 6. The van der Waals surface area contributed by atoms with E-state index in [1.165, 1.54) is 54.4 Å². The van der Waals surface area contributed by atoms with Gasteiger partial charge in [0.15, 0.2) is 21.4 Å². The molecule has 0 spiro atoms. The minimum atomic E-state index is -3.06. The average molecular weight is 1820 g/mol. The topological polar surface area (TPSA) is 80.8 Å². The monoisotopic (exact) mass is 1820 g/mol. The van der Waals surface area contributed by atoms with Crippen LogP contribution in [0.2, 0.25) is 0 Å². The van der Waals surface area contributed by atoms with Crippen molar-refractivity contribution in [1.29, 1.82) is 0 Å². The molecule has 0 amide bonds. The van der Waals surface area contributed by atoms with Crippen LogP contribution in [-0.4, -0.2) is 27.4 Å². The number of rotatable bonds is 9. The Morgan fingerprint density at radius 1 is 0.138 bits per heavy atom. The smallest absolute Gasteiger partial charge is 0.172 e. The molecule has 21 aromatic carbocycles. The van der Waals surface area contributed by atoms with E-state index in [1.807, 2.05) is 109 Å². The van der Waals surface area contributed by atoms with Gasteiger partial charge in [0.25, 0.3) is 0 Å². The molecule has 3 atom stereocenters. The molecule has 9 nitrogen and oxygen atoms in total. The summed E-state index contributed by atoms with van der Waals surface area (Å²) in [6.45, 7) is 0. The molecule has 648 valence electrons. The maximum atomic E-state index is 15.4. The van der Waals surface area contributed by atoms with Gasteiger partial charge in [0.1, 0.15) is 0 Å². The Kier molecular flexibility index (Phi) is 17.8. The Labute approximate surface area is 794 Å². The van der Waals surface area contributed by atoms with Gasteiger partial charge >= 0.3 is 0 Å². The van der Waals surface area contributed by atoms with Gasteiger partial charge < -0.3 is 41.1 Å². The van der Waals surface area contributed by atoms with Crippen LogP contribution in [0.5, 0.6) is 0 Å². The lowest BCUT2D eigenvalue weighted by atomic mass is 10.0. The lowest BCUT2D eigenvalue weighted by Gasteiger charge is -2.16. The van der Waals surface area contributed by atoms with E-state index in [-0.39, 0.29) is 0 Å². The van der Waals surface area contributed by atoms with Gasteiger partial charge in [-0.25, -0.2) is 0 Å². The quantitative estimate of drug-likeness (QED) is 0.135. The molecule has 6 aromatic heterocycles. The second kappa shape index (κ2) is 30.8. The van der Waals surface area contributed by atoms with Crippen molar-refractivity contribution >= 4 is 200 Å². The second-order valence-corrected chi connectivity index (χ2v) is 44.3. The van der Waals surface area contributed by atoms with E-state index < -0.39 is 21.4 Å². The van der Waals surface area contributed by atoms with Gasteiger partial charge in [-0.05, 0) is 185 Å². The summed E-state index contributed by atoms with van der Waals surface area (Å²) in [4.78, 5) is 0. The summed E-state index contributed by atoms with van der Waals surface area (Å²) >= 11 is 0. The molecule has 3 aliphatic heterocycles. The zero-order valence-corrected chi connectivity index (χ0v) is 77.2. The average Bonchev–Trinajstić information content (AvgIpc) is 1.54. The minimum absolute atomic E-state index is 0.878. The molecule has 0 bridgehead atoms. The fourth-order valence-corrected chi connectivity index (χ4v) is 32.5. The molecule has 0 aliphatic carbocycles. The normalized spacial score (nSPS) is 15.6. The van der Waals surface area contributed by atoms with Crippen LogP contribution >= 0.6 is 21.4 Å². The Morgan fingerprint density at radius 3 is 0.790 bits per heavy atom. The van der Waals surface area contributed by atoms with Gasteiger partial charge in [0, 0.05) is 141 Å². The van der Waals surface area contributed by atoms with Gasteiger partial charge in [-0.2, -0.15) is 0 Å². The molecule has 0 N–H and O–H groups in total. The maximum absolute atomic E-state index is 15.4. The number of aromatic nitrogens is 6. The number of benzene rings is 21. The molecule has 12 heteroatoms. The summed E-state index contributed by atoms with van der Waals surface area (Å²) in [6.07, 6.45) is 0. The van der Waals surface area contributed by atoms with E-state index in [9.17, 15) is 0 Å². The third-order valence-corrected chi connectivity index (χ3v) is 38.6. The first-order chi connectivity index (χ1) is 68.2. The molecule has 27 aromatic rings. The number of para-hydroxylation sites is 9. The Hall–Kier alpha value is -16.9. The zero-order chi connectivity index (χ0) is 91.2. The summed E-state index contributed by atoms with van der Waals surface area (Å²) < 4.78 is 60.2. The van der Waals surface area contributed by atoms with Crippen molar-refractivity contribution < 1.29 is 13.7 Å². The van der Waals surface area contributed by atoms with E-state index in [2.05, 4.69) is 410 Å². The fraction of sp³-hybridized carbons (Fsp3) is 0. The Balaban J connectivity index is 0.000000102. The van der Waals surface area contributed by atoms with Crippen molar-refractivity contribution in [3.05, 3.63) is 491 Å². The third kappa shape index (κ3) is 11.5. The number of hydrogen-bond donors (Lipinski definition) is 0. The van der Waals surface area contributed by atoms with Crippen molar-refractivity contribution in [2.75, 3.05) is 0 Å². The number of fused-ring (bicyclic) bond motifs is 27. The number of hydrogen-bond acceptors (Lipinski definition) is 3. The van der Waals surface area contributed by atoms with Crippen molar-refractivity contribution in [2.24, 2.45) is 0 Å². The lowest BCUT2D eigenvalue weighted by Crippen LogP contribution is -2.20. The molecule has 30 rings (SSSR count). The molecule has 138 heavy (non-hydrogen) atoms. The van der Waals surface area contributed by atoms with E-state index >= 15 is 13.7 Å². The molecule has 0 saturated heterocycles. The van der Waals surface area contributed by atoms with Crippen LogP contribution in [0.3, 0.4) is 0 Å². The van der Waals surface area contributed by atoms with E-state index in [0.717, 1.165) is 192 Å². The zero-order valence-electron chi connectivity index (χ0n) is 74.5. The largest absolute Gasteiger partial charge is 0.309 e. The lowest BCUT2D eigenvalue weighted by molar-refractivity contribution is 0.592. The first-order valence-corrected chi connectivity index (χ1v) is 52.0. The van der Waals surface area contributed by atoms with Gasteiger partial charge in [0.05, 0.1) is 71.9 Å². The summed E-state index contributed by atoms with van der Waals surface area (Å²) in [7, 11) is -9.16. The first kappa shape index (κ1) is 79.6. The van der Waals surface area contributed by atoms with Crippen LogP contribution in [0.15, 0.2) is 491 Å². The highest BCUT2D eigenvalue weighted by Crippen LogP contribution is 2.58. The van der Waals surface area contributed by atoms with Crippen LogP contribution in [0.1, 0.15) is 0 Å². The summed E-state index contributed by atoms with van der Waals surface area (Å²) in [6, 6.07) is 172. The molecule has 3 unspecified atom stereocenters. The molecular weight excluding hydrogens is 1740 g/mol. The third-order valence-electron chi connectivity index (χ3n) is 29.1. The van der Waals surface area contributed by atoms with Crippen molar-refractivity contribution in [3.63, 3.8) is 0 Å². The van der Waals surface area contributed by atoms with Gasteiger partial charge in [-0.1, -0.05) is 340 Å². The van der Waals surface area contributed by atoms with Crippen LogP contribution in [0, 0.1) is 0 Å². The standard InChI is InChI=1S/3C42H27N2OP/c45-46(29-16-5-2-6-17-29)40-25-12-9-19-31(40)34-26-39-33(27-41(34)46)30-18-7-10-21-35(30)44(39)38-24-13-23-37-42(38)32-20-8-11-22-36(32)43(37)28-14-3-1-4-15-28;45-46(30-15-5-2-6-16-30)41-22-12-9-19-34(41)36-26-40-35(27-42(36)46)32-18-8-11-21-38(32)44(40)29-23-24-33-31-17-7-10-20-37(31)43(39(33)25-29)28-13-3-1-4-14-28;45-46(30-15-5-2-6-16-30)41-22-12-9-19-33(41)36-26-40-35(27-42(36)46)32-18-8-11-21-38(32)44(40)29-23-24-39-34(25-29)31-17-7-10-20-37(31)43(39)28-13-3-1-4-14-28/h3*1-27H. The Morgan fingerprint density at radius 2 is 0.391 bits per heavy atom. The van der Waals surface area contributed by atoms with Gasteiger partial charge in [-0.15, -0.1) is 0 Å². The van der Waals surface area contributed by atoms with Crippen LogP contribution in [-0.2, 0) is 13.7 Å². The molecule has 0 fully saturated rings. The molecule has 3 aliphatic rings. The molecule has 0 radical (unpaired) electrons. The molecular formula is C126H81N6O3P3. The summed E-state index contributed by atoms with van der Waals surface area (Å²) in [5.41, 5.74) is 26.9. The molecule has 9 heterocycles. The highest BCUT2D eigenvalue weighted by atomic mass is 31.2. The molecule has 0 saturated carbocycles. The predicted molar refractivity (Wildman–Crippen MR) is 581 cm³/mol. The van der Waals surface area contributed by atoms with Crippen LogP contribution < -0.4 is 47.7 Å². The summed E-state index contributed by atoms with van der Waals surface area (Å²) in [5, 5.41) is 22.3. The SMILES string of the molecule is O=P1(c2ccccc2)c2ccccc2-c2cc3c(cc21)c1ccccc1n3-c1ccc2c(c1)c1ccccc1n2-c1ccccc1.O=P1(c2ccccc2)c2ccccc2-c2cc3c(cc21)c1ccccc1n3-c1ccc2c3ccccc3n(-c3ccccc3)c2c1.O=P1(c2ccccc2)c2ccccc2-c2cc3c(cc21)c1ccccc1n3-c1cccc2c1c1ccccc1n2-c1ccccc1. The predicted octanol–water partition coefficient (Wildman–Crippen LogP) is 28.5. The highest BCUT2D eigenvalue weighted by Gasteiger charge is 2.45. The summed E-state index contributed by atoms with van der Waals surface area (Å²) in [5.74, 6) is 0. The Bertz CT molecular complexity index is 9920. The van der Waals surface area contributed by atoms with Gasteiger partial charge in [-0.3, -0.25) is 0 Å². The highest BCUT2D eigenvalue weighted by molar-refractivity contribution is 7.87.